The molecule has 1 saturated heterocycles. The summed E-state index contributed by atoms with van der Waals surface area (Å²) in [6.45, 7) is 11.4. The number of amides is 2. The highest BCUT2D eigenvalue weighted by molar-refractivity contribution is 6.30. The molecule has 1 aliphatic rings. The number of hydrogen-bond donors (Lipinski definition) is 2. The maximum absolute atomic E-state index is 12.4. The zero-order valence-corrected chi connectivity index (χ0v) is 17.5. The van der Waals surface area contributed by atoms with Gasteiger partial charge in [0.2, 0.25) is 11.8 Å². The van der Waals surface area contributed by atoms with Gasteiger partial charge in [-0.3, -0.25) is 14.5 Å². The van der Waals surface area contributed by atoms with E-state index in [-0.39, 0.29) is 23.4 Å². The molecular weight excluding hydrogens is 364 g/mol. The molecule has 1 atom stereocenters. The molecule has 1 aromatic carbocycles. The first kappa shape index (κ1) is 21.7. The molecule has 0 spiro atoms. The number of nitrogens with zero attached hydrogens (tertiary/aromatic N) is 2. The fourth-order valence-corrected chi connectivity index (χ4v) is 3.16. The average molecular weight is 395 g/mol. The van der Waals surface area contributed by atoms with Crippen LogP contribution in [0, 0.1) is 0 Å². The molecule has 0 radical (unpaired) electrons. The molecule has 2 N–H and O–H groups in total. The summed E-state index contributed by atoms with van der Waals surface area (Å²) in [5, 5.41) is 6.95. The van der Waals surface area contributed by atoms with Crippen LogP contribution < -0.4 is 10.6 Å². The summed E-state index contributed by atoms with van der Waals surface area (Å²) >= 11 is 5.91. The van der Waals surface area contributed by atoms with Gasteiger partial charge in [0.1, 0.15) is 0 Å². The molecule has 0 bridgehead atoms. The van der Waals surface area contributed by atoms with Crippen LogP contribution in [0.15, 0.2) is 24.3 Å². The first-order valence-corrected chi connectivity index (χ1v) is 9.82. The predicted molar refractivity (Wildman–Crippen MR) is 109 cm³/mol. The Kier molecular flexibility index (Phi) is 7.65. The van der Waals surface area contributed by atoms with Gasteiger partial charge >= 0.3 is 0 Å². The summed E-state index contributed by atoms with van der Waals surface area (Å²) in [7, 11) is 0. The number of carbonyl (C=O) groups is 2. The molecule has 1 fully saturated rings. The summed E-state index contributed by atoms with van der Waals surface area (Å²) in [6.07, 6.45) is 0. The van der Waals surface area contributed by atoms with Crippen molar-refractivity contribution in [3.8, 4) is 0 Å². The van der Waals surface area contributed by atoms with Gasteiger partial charge in [0.05, 0.1) is 13.1 Å². The number of hydrogen-bond acceptors (Lipinski definition) is 4. The van der Waals surface area contributed by atoms with Crippen LogP contribution in [0.3, 0.4) is 0 Å². The largest absolute Gasteiger partial charge is 0.350 e. The zero-order chi connectivity index (χ0) is 20.0. The van der Waals surface area contributed by atoms with E-state index in [4.69, 9.17) is 11.6 Å². The molecule has 27 heavy (non-hydrogen) atoms. The second-order valence-electron chi connectivity index (χ2n) is 8.11. The van der Waals surface area contributed by atoms with Crippen LogP contribution in [0.4, 0.5) is 0 Å². The van der Waals surface area contributed by atoms with Gasteiger partial charge < -0.3 is 15.5 Å². The molecule has 6 nitrogen and oxygen atoms in total. The van der Waals surface area contributed by atoms with Crippen molar-refractivity contribution in [3.63, 3.8) is 0 Å². The van der Waals surface area contributed by atoms with Crippen molar-refractivity contribution in [1.29, 1.82) is 0 Å². The lowest BCUT2D eigenvalue weighted by molar-refractivity contribution is -0.132. The molecule has 0 saturated carbocycles. The predicted octanol–water partition coefficient (Wildman–Crippen LogP) is 2.05. The average Bonchev–Trinajstić information content (AvgIpc) is 2.59. The monoisotopic (exact) mass is 394 g/mol. The number of carbonyl (C=O) groups excluding carboxylic acids is 2. The zero-order valence-electron chi connectivity index (χ0n) is 16.7. The summed E-state index contributed by atoms with van der Waals surface area (Å²) in [5.41, 5.74) is 0.878. The second kappa shape index (κ2) is 9.53. The van der Waals surface area contributed by atoms with Crippen LogP contribution in [0.2, 0.25) is 5.02 Å². The Bertz CT molecular complexity index is 634. The van der Waals surface area contributed by atoms with Crippen molar-refractivity contribution in [2.75, 3.05) is 39.3 Å². The van der Waals surface area contributed by atoms with Crippen molar-refractivity contribution < 1.29 is 9.59 Å². The maximum atomic E-state index is 12.4. The topological polar surface area (TPSA) is 64.7 Å². The van der Waals surface area contributed by atoms with E-state index >= 15 is 0 Å². The number of piperazine rings is 1. The fraction of sp³-hybridized carbons (Fsp3) is 0.600. The Labute approximate surface area is 167 Å². The quantitative estimate of drug-likeness (QED) is 0.775. The lowest BCUT2D eigenvalue weighted by atomic mass is 10.1. The van der Waals surface area contributed by atoms with Crippen LogP contribution in [0.5, 0.6) is 0 Å². The van der Waals surface area contributed by atoms with E-state index in [1.807, 2.05) is 56.9 Å². The normalized spacial score (nSPS) is 16.9. The van der Waals surface area contributed by atoms with Crippen LogP contribution in [0.1, 0.15) is 39.3 Å². The van der Waals surface area contributed by atoms with Gasteiger partial charge in [-0.2, -0.15) is 0 Å². The molecule has 0 aliphatic carbocycles. The molecule has 150 valence electrons. The minimum atomic E-state index is -0.221. The van der Waals surface area contributed by atoms with E-state index in [0.717, 1.165) is 18.7 Å². The highest BCUT2D eigenvalue weighted by Crippen LogP contribution is 2.16. The van der Waals surface area contributed by atoms with Crippen LogP contribution in [-0.2, 0) is 9.59 Å². The van der Waals surface area contributed by atoms with Crippen molar-refractivity contribution in [1.82, 2.24) is 20.4 Å². The molecular formula is C20H31ClN4O2. The molecule has 7 heteroatoms. The van der Waals surface area contributed by atoms with Gasteiger partial charge in [0, 0.05) is 42.8 Å². The summed E-state index contributed by atoms with van der Waals surface area (Å²) in [6, 6.07) is 7.71. The number of nitrogens with one attached hydrogen (secondary N) is 2. The van der Waals surface area contributed by atoms with Gasteiger partial charge in [-0.15, -0.1) is 0 Å². The van der Waals surface area contributed by atoms with E-state index < -0.39 is 0 Å². The minimum Gasteiger partial charge on any atom is -0.350 e. The van der Waals surface area contributed by atoms with Gasteiger partial charge in [0.15, 0.2) is 0 Å². The van der Waals surface area contributed by atoms with E-state index in [1.165, 1.54) is 0 Å². The van der Waals surface area contributed by atoms with Gasteiger partial charge in [-0.1, -0.05) is 23.7 Å². The third kappa shape index (κ3) is 7.48. The molecule has 1 aliphatic heterocycles. The first-order chi connectivity index (χ1) is 12.6. The summed E-state index contributed by atoms with van der Waals surface area (Å²) < 4.78 is 0. The standard InChI is InChI=1S/C20H31ClN4O2/c1-15(16-5-7-17(21)8-6-16)22-13-19(27)25-11-9-24(10-12-25)14-18(26)23-20(2,3)4/h5-8,15,22H,9-14H2,1-4H3,(H,23,26)/t15-/m1/s1. The highest BCUT2D eigenvalue weighted by atomic mass is 35.5. The van der Waals surface area contributed by atoms with Crippen molar-refractivity contribution in [3.05, 3.63) is 34.9 Å². The van der Waals surface area contributed by atoms with Crippen molar-refractivity contribution in [2.45, 2.75) is 39.3 Å². The lowest BCUT2D eigenvalue weighted by Crippen LogP contribution is -2.54. The Hall–Kier alpha value is -1.63. The van der Waals surface area contributed by atoms with Gasteiger partial charge in [-0.25, -0.2) is 0 Å². The van der Waals surface area contributed by atoms with Crippen LogP contribution in [0.25, 0.3) is 0 Å². The molecule has 2 amide bonds. The maximum Gasteiger partial charge on any atom is 0.236 e. The van der Waals surface area contributed by atoms with Crippen molar-refractivity contribution in [2.24, 2.45) is 0 Å². The summed E-state index contributed by atoms with van der Waals surface area (Å²) in [4.78, 5) is 28.4. The van der Waals surface area contributed by atoms with E-state index in [1.54, 1.807) is 0 Å². The SMILES string of the molecule is C[C@@H](NCC(=O)N1CCN(CC(=O)NC(C)(C)C)CC1)c1ccc(Cl)cc1. The van der Waals surface area contributed by atoms with Crippen molar-refractivity contribution >= 4 is 23.4 Å². The Morgan fingerprint density at radius 3 is 2.26 bits per heavy atom. The van der Waals surface area contributed by atoms with Crippen LogP contribution in [-0.4, -0.2) is 66.4 Å². The van der Waals surface area contributed by atoms with E-state index in [2.05, 4.69) is 15.5 Å². The fourth-order valence-electron chi connectivity index (χ4n) is 3.04. The van der Waals surface area contributed by atoms with Gasteiger partial charge in [0.25, 0.3) is 0 Å². The van der Waals surface area contributed by atoms with Gasteiger partial charge in [-0.05, 0) is 45.4 Å². The third-order valence-corrected chi connectivity index (χ3v) is 4.79. The lowest BCUT2D eigenvalue weighted by Gasteiger charge is -2.35. The molecule has 1 heterocycles. The Morgan fingerprint density at radius 1 is 1.11 bits per heavy atom. The minimum absolute atomic E-state index is 0.0285. The Morgan fingerprint density at radius 2 is 1.70 bits per heavy atom. The van der Waals surface area contributed by atoms with E-state index in [9.17, 15) is 9.59 Å². The molecule has 2 rings (SSSR count). The summed E-state index contributed by atoms with van der Waals surface area (Å²) in [5.74, 6) is 0.121. The number of halogens is 1. The first-order valence-electron chi connectivity index (χ1n) is 9.44. The molecule has 1 aromatic rings. The number of rotatable bonds is 6. The highest BCUT2D eigenvalue weighted by Gasteiger charge is 2.23. The molecule has 0 aromatic heterocycles. The molecule has 0 unspecified atom stereocenters. The Balaban J connectivity index is 1.71. The third-order valence-electron chi connectivity index (χ3n) is 4.54. The smallest absolute Gasteiger partial charge is 0.236 e. The second-order valence-corrected chi connectivity index (χ2v) is 8.55. The van der Waals surface area contributed by atoms with E-state index in [0.29, 0.717) is 31.2 Å². The van der Waals surface area contributed by atoms with Crippen LogP contribution >= 0.6 is 11.6 Å². The number of benzene rings is 1.